The highest BCUT2D eigenvalue weighted by atomic mass is 15.2. The molecule has 3 aromatic rings. The van der Waals surface area contributed by atoms with Gasteiger partial charge in [-0.3, -0.25) is 4.98 Å². The monoisotopic (exact) mass is 416 g/mol. The van der Waals surface area contributed by atoms with Gasteiger partial charge >= 0.3 is 0 Å². The van der Waals surface area contributed by atoms with Crippen molar-refractivity contribution >= 4 is 22.4 Å². The van der Waals surface area contributed by atoms with E-state index in [1.54, 1.807) is 6.20 Å². The molecule has 0 aliphatic carbocycles. The molecule has 0 bridgehead atoms. The number of anilines is 2. The summed E-state index contributed by atoms with van der Waals surface area (Å²) >= 11 is 0. The summed E-state index contributed by atoms with van der Waals surface area (Å²) in [5.41, 5.74) is 8.87. The van der Waals surface area contributed by atoms with Crippen LogP contribution < -0.4 is 16.0 Å². The summed E-state index contributed by atoms with van der Waals surface area (Å²) in [4.78, 5) is 20.5. The van der Waals surface area contributed by atoms with Crippen molar-refractivity contribution in [2.75, 3.05) is 23.8 Å². The minimum absolute atomic E-state index is 0.359. The van der Waals surface area contributed by atoms with E-state index in [1.165, 1.54) is 0 Å². The number of nitrogens with two attached hydrogens (primary N) is 1. The average molecular weight is 417 g/mol. The van der Waals surface area contributed by atoms with Crippen molar-refractivity contribution in [3.8, 4) is 6.07 Å². The number of hydrogen-bond acceptors (Lipinski definition) is 8. The first-order valence-corrected chi connectivity index (χ1v) is 10.6. The predicted molar refractivity (Wildman–Crippen MR) is 122 cm³/mol. The molecule has 1 saturated heterocycles. The molecular formula is C23H28N8. The van der Waals surface area contributed by atoms with Gasteiger partial charge in [-0.1, -0.05) is 0 Å². The number of nitrogens with one attached hydrogen (secondary N) is 1. The lowest BCUT2D eigenvalue weighted by Gasteiger charge is -2.23. The molecule has 0 saturated carbocycles. The van der Waals surface area contributed by atoms with Crippen LogP contribution in [0, 0.1) is 11.3 Å². The smallest absolute Gasteiger partial charge is 0.183 e. The fourth-order valence-corrected chi connectivity index (χ4v) is 4.20. The molecule has 1 fully saturated rings. The molecular weight excluding hydrogens is 388 g/mol. The van der Waals surface area contributed by atoms with Crippen LogP contribution in [0.4, 0.5) is 11.6 Å². The quantitative estimate of drug-likeness (QED) is 0.652. The molecule has 4 rings (SSSR count). The molecule has 8 heteroatoms. The summed E-state index contributed by atoms with van der Waals surface area (Å²) in [6.07, 6.45) is 8.05. The fraction of sp³-hybridized carbons (Fsp3) is 0.435. The van der Waals surface area contributed by atoms with Crippen molar-refractivity contribution in [2.45, 2.75) is 51.6 Å². The maximum Gasteiger partial charge on any atom is 0.183 e. The average Bonchev–Trinajstić information content (AvgIpc) is 3.17. The van der Waals surface area contributed by atoms with Gasteiger partial charge in [0.15, 0.2) is 11.5 Å². The third kappa shape index (κ3) is 4.01. The highest BCUT2D eigenvalue weighted by Crippen LogP contribution is 2.31. The van der Waals surface area contributed by atoms with Crippen LogP contribution in [0.15, 0.2) is 24.7 Å². The second kappa shape index (κ2) is 8.08. The second-order valence-corrected chi connectivity index (χ2v) is 8.72. The molecule has 4 heterocycles. The largest absolute Gasteiger partial charge is 0.373 e. The first-order chi connectivity index (χ1) is 14.8. The van der Waals surface area contributed by atoms with Crippen molar-refractivity contribution in [1.82, 2.24) is 19.9 Å². The van der Waals surface area contributed by atoms with E-state index in [1.807, 2.05) is 33.3 Å². The molecule has 0 spiro atoms. The molecule has 0 aromatic carbocycles. The summed E-state index contributed by atoms with van der Waals surface area (Å²) in [6.45, 7) is 7.00. The number of hydrogen-bond donors (Lipinski definition) is 2. The lowest BCUT2D eigenvalue weighted by Crippen LogP contribution is -2.29. The Hall–Kier alpha value is -3.31. The zero-order valence-corrected chi connectivity index (χ0v) is 18.5. The second-order valence-electron chi connectivity index (χ2n) is 8.72. The minimum Gasteiger partial charge on any atom is -0.373 e. The van der Waals surface area contributed by atoms with E-state index in [9.17, 15) is 5.26 Å². The van der Waals surface area contributed by atoms with E-state index >= 15 is 0 Å². The lowest BCUT2D eigenvalue weighted by atomic mass is 9.92. The van der Waals surface area contributed by atoms with Gasteiger partial charge in [0.25, 0.3) is 0 Å². The van der Waals surface area contributed by atoms with Crippen molar-refractivity contribution in [1.29, 1.82) is 5.26 Å². The predicted octanol–water partition coefficient (Wildman–Crippen LogP) is 3.11. The number of rotatable bonds is 5. The van der Waals surface area contributed by atoms with Gasteiger partial charge in [-0.05, 0) is 50.6 Å². The van der Waals surface area contributed by atoms with Crippen LogP contribution in [0.2, 0.25) is 0 Å². The lowest BCUT2D eigenvalue weighted by molar-refractivity contribution is 0.557. The molecule has 0 radical (unpaired) electrons. The number of nitrogens with zero attached hydrogens (tertiary/aromatic N) is 6. The zero-order chi connectivity index (χ0) is 22.2. The van der Waals surface area contributed by atoms with Crippen molar-refractivity contribution in [2.24, 2.45) is 5.73 Å². The van der Waals surface area contributed by atoms with Gasteiger partial charge in [-0.15, -0.1) is 0 Å². The number of aromatic nitrogens is 4. The van der Waals surface area contributed by atoms with E-state index in [2.05, 4.69) is 44.2 Å². The molecule has 8 nitrogen and oxygen atoms in total. The van der Waals surface area contributed by atoms with Crippen LogP contribution >= 0.6 is 0 Å². The summed E-state index contributed by atoms with van der Waals surface area (Å²) in [5, 5.41) is 14.6. The number of nitriles is 1. The Bertz CT molecular complexity index is 1160. The van der Waals surface area contributed by atoms with E-state index < -0.39 is 5.54 Å². The first kappa shape index (κ1) is 20.9. The topological polar surface area (TPSA) is 117 Å². The molecule has 0 unspecified atom stereocenters. The fourth-order valence-electron chi connectivity index (χ4n) is 4.20. The maximum absolute atomic E-state index is 9.50. The van der Waals surface area contributed by atoms with Crippen LogP contribution in [0.3, 0.4) is 0 Å². The van der Waals surface area contributed by atoms with Gasteiger partial charge in [-0.2, -0.15) is 5.26 Å². The maximum atomic E-state index is 9.50. The summed E-state index contributed by atoms with van der Waals surface area (Å²) in [7, 11) is 1.84. The highest BCUT2D eigenvalue weighted by molar-refractivity contribution is 5.94. The summed E-state index contributed by atoms with van der Waals surface area (Å²) < 4.78 is 0. The van der Waals surface area contributed by atoms with E-state index in [0.29, 0.717) is 24.0 Å². The first-order valence-electron chi connectivity index (χ1n) is 10.6. The molecule has 3 aromatic heterocycles. The Morgan fingerprint density at radius 2 is 2.00 bits per heavy atom. The van der Waals surface area contributed by atoms with Gasteiger partial charge in [0, 0.05) is 55.1 Å². The van der Waals surface area contributed by atoms with Crippen molar-refractivity contribution in [3.05, 3.63) is 47.3 Å². The van der Waals surface area contributed by atoms with Gasteiger partial charge < -0.3 is 16.0 Å². The van der Waals surface area contributed by atoms with E-state index in [4.69, 9.17) is 10.7 Å². The van der Waals surface area contributed by atoms with Gasteiger partial charge in [0.2, 0.25) is 0 Å². The van der Waals surface area contributed by atoms with Gasteiger partial charge in [0.05, 0.1) is 11.9 Å². The molecule has 1 aliphatic rings. The van der Waals surface area contributed by atoms with Crippen LogP contribution in [-0.4, -0.2) is 39.6 Å². The standard InChI is InChI=1S/C23H28N8/c1-14-6-5-7-31(14)22-20(10-24)28-11-16(30-22)8-15-9-17-18(12-27-15)21(26-4)29-13-19(17)23(2,3)25/h9,11-14H,5-8,25H2,1-4H3,(H,26,29)/t14-/m0/s1. The summed E-state index contributed by atoms with van der Waals surface area (Å²) in [6, 6.07) is 4.60. The van der Waals surface area contributed by atoms with Crippen molar-refractivity contribution in [3.63, 3.8) is 0 Å². The molecule has 3 N–H and O–H groups in total. The van der Waals surface area contributed by atoms with E-state index in [-0.39, 0.29) is 0 Å². The Kier molecular flexibility index (Phi) is 5.46. The van der Waals surface area contributed by atoms with Crippen LogP contribution in [0.1, 0.15) is 56.3 Å². The Balaban J connectivity index is 1.74. The van der Waals surface area contributed by atoms with E-state index in [0.717, 1.165) is 52.9 Å². The molecule has 1 aliphatic heterocycles. The number of pyridine rings is 2. The molecule has 160 valence electrons. The molecule has 0 amide bonds. The molecule has 1 atom stereocenters. The Morgan fingerprint density at radius 3 is 2.65 bits per heavy atom. The van der Waals surface area contributed by atoms with Crippen LogP contribution in [0.5, 0.6) is 0 Å². The third-order valence-corrected chi connectivity index (χ3v) is 5.86. The van der Waals surface area contributed by atoms with Crippen LogP contribution in [0.25, 0.3) is 10.8 Å². The molecule has 31 heavy (non-hydrogen) atoms. The van der Waals surface area contributed by atoms with Gasteiger partial charge in [0.1, 0.15) is 11.9 Å². The minimum atomic E-state index is -0.538. The normalized spacial score (nSPS) is 16.5. The van der Waals surface area contributed by atoms with Crippen molar-refractivity contribution < 1.29 is 0 Å². The van der Waals surface area contributed by atoms with Gasteiger partial charge in [-0.25, -0.2) is 15.0 Å². The zero-order valence-electron chi connectivity index (χ0n) is 18.5. The summed E-state index contributed by atoms with van der Waals surface area (Å²) in [5.74, 6) is 1.45. The SMILES string of the molecule is CNc1ncc(C(C)(C)N)c2cc(Cc3cnc(C#N)c(N4CCC[C@@H]4C)n3)ncc12. The third-order valence-electron chi connectivity index (χ3n) is 5.86. The number of fused-ring (bicyclic) bond motifs is 1. The Labute approximate surface area is 182 Å². The highest BCUT2D eigenvalue weighted by Gasteiger charge is 2.25. The van der Waals surface area contributed by atoms with Crippen LogP contribution in [-0.2, 0) is 12.0 Å². The Morgan fingerprint density at radius 1 is 1.19 bits per heavy atom.